The highest BCUT2D eigenvalue weighted by Gasteiger charge is 2.42. The summed E-state index contributed by atoms with van der Waals surface area (Å²) in [6.45, 7) is 6.64. The van der Waals surface area contributed by atoms with Gasteiger partial charge in [-0.3, -0.25) is 0 Å². The normalized spacial score (nSPS) is 19.2. The Bertz CT molecular complexity index is 1050. The zero-order valence-corrected chi connectivity index (χ0v) is 20.1. The summed E-state index contributed by atoms with van der Waals surface area (Å²) < 4.78 is 9.39. The molecule has 2 unspecified atom stereocenters. The molecule has 2 atom stereocenters. The highest BCUT2D eigenvalue weighted by molar-refractivity contribution is 8.00. The Labute approximate surface area is 199 Å². The molecule has 3 aromatic carbocycles. The van der Waals surface area contributed by atoms with Crippen LogP contribution < -0.4 is 14.8 Å². The standard InChI is InChI=1S/C26H29ClN2O2S/c1-17-4-11-21(12-5-17)32-29-20-9-6-18(7-10-20)14-15-28-24-22-16-19(27)8-13-23(22)31-26(2,3)25(24)30/h4-13,16,24-25,28-30H,14-15H2,1-3H3. The van der Waals surface area contributed by atoms with Crippen molar-refractivity contribution in [2.24, 2.45) is 0 Å². The number of aliphatic hydroxyl groups excluding tert-OH is 1. The SMILES string of the molecule is Cc1ccc(SNc2ccc(CCNC3c4cc(Cl)ccc4OC(C)(C)C3O)cc2)cc1. The van der Waals surface area contributed by atoms with E-state index in [4.69, 9.17) is 16.3 Å². The van der Waals surface area contributed by atoms with Crippen LogP contribution in [0.3, 0.4) is 0 Å². The first-order valence-corrected chi connectivity index (χ1v) is 12.0. The Morgan fingerprint density at radius 1 is 1.03 bits per heavy atom. The lowest BCUT2D eigenvalue weighted by Gasteiger charge is -2.42. The molecule has 0 aromatic heterocycles. The molecule has 0 saturated carbocycles. The lowest BCUT2D eigenvalue weighted by Crippen LogP contribution is -2.52. The van der Waals surface area contributed by atoms with E-state index in [0.717, 1.165) is 30.0 Å². The average molecular weight is 469 g/mol. The van der Waals surface area contributed by atoms with Gasteiger partial charge in [-0.05, 0) is 93.7 Å². The van der Waals surface area contributed by atoms with E-state index in [9.17, 15) is 5.11 Å². The lowest BCUT2D eigenvalue weighted by atomic mass is 9.86. The Kier molecular flexibility index (Phi) is 7.01. The molecule has 0 saturated heterocycles. The van der Waals surface area contributed by atoms with Crippen molar-refractivity contribution in [3.63, 3.8) is 0 Å². The average Bonchev–Trinajstić information content (AvgIpc) is 2.77. The third-order valence-electron chi connectivity index (χ3n) is 5.75. The molecule has 1 aliphatic heterocycles. The molecule has 0 amide bonds. The fourth-order valence-corrected chi connectivity index (χ4v) is 4.65. The van der Waals surface area contributed by atoms with Crippen molar-refractivity contribution in [3.05, 3.63) is 88.4 Å². The quantitative estimate of drug-likeness (QED) is 0.362. The molecule has 4 rings (SSSR count). The molecule has 0 bridgehead atoms. The highest BCUT2D eigenvalue weighted by atomic mass is 35.5. The minimum absolute atomic E-state index is 0.237. The summed E-state index contributed by atoms with van der Waals surface area (Å²) in [6, 6.07) is 22.2. The number of nitrogens with one attached hydrogen (secondary N) is 2. The number of fused-ring (bicyclic) bond motifs is 1. The molecule has 1 aliphatic rings. The van der Waals surface area contributed by atoms with Crippen molar-refractivity contribution < 1.29 is 9.84 Å². The summed E-state index contributed by atoms with van der Waals surface area (Å²) in [6.07, 6.45) is 0.171. The Balaban J connectivity index is 1.34. The van der Waals surface area contributed by atoms with Crippen molar-refractivity contribution in [1.29, 1.82) is 0 Å². The van der Waals surface area contributed by atoms with Crippen molar-refractivity contribution in [2.45, 2.75) is 49.8 Å². The van der Waals surface area contributed by atoms with E-state index in [1.807, 2.05) is 32.0 Å². The van der Waals surface area contributed by atoms with Crippen LogP contribution in [0.5, 0.6) is 5.75 Å². The van der Waals surface area contributed by atoms with Crippen LogP contribution in [0.15, 0.2) is 71.6 Å². The van der Waals surface area contributed by atoms with Crippen LogP contribution >= 0.6 is 23.5 Å². The monoisotopic (exact) mass is 468 g/mol. The second-order valence-corrected chi connectivity index (χ2v) is 10.0. The maximum Gasteiger partial charge on any atom is 0.131 e. The highest BCUT2D eigenvalue weighted by Crippen LogP contribution is 2.40. The molecule has 0 aliphatic carbocycles. The van der Waals surface area contributed by atoms with E-state index in [0.29, 0.717) is 5.02 Å². The smallest absolute Gasteiger partial charge is 0.131 e. The van der Waals surface area contributed by atoms with Crippen LogP contribution in [0.25, 0.3) is 0 Å². The number of ether oxygens (including phenoxy) is 1. The van der Waals surface area contributed by atoms with E-state index in [2.05, 4.69) is 65.5 Å². The second-order valence-electron chi connectivity index (χ2n) is 8.73. The van der Waals surface area contributed by atoms with Crippen molar-refractivity contribution in [1.82, 2.24) is 5.32 Å². The zero-order chi connectivity index (χ0) is 22.7. The van der Waals surface area contributed by atoms with Crippen molar-refractivity contribution in [3.8, 4) is 5.75 Å². The molecule has 3 N–H and O–H groups in total. The van der Waals surface area contributed by atoms with Gasteiger partial charge < -0.3 is 19.9 Å². The van der Waals surface area contributed by atoms with E-state index in [1.54, 1.807) is 11.9 Å². The fourth-order valence-electron chi connectivity index (χ4n) is 3.83. The number of rotatable bonds is 7. The van der Waals surface area contributed by atoms with Crippen LogP contribution in [-0.4, -0.2) is 23.4 Å². The molecule has 4 nitrogen and oxygen atoms in total. The number of benzene rings is 3. The largest absolute Gasteiger partial charge is 0.485 e. The summed E-state index contributed by atoms with van der Waals surface area (Å²) >= 11 is 7.81. The van der Waals surface area contributed by atoms with Gasteiger partial charge in [-0.15, -0.1) is 0 Å². The van der Waals surface area contributed by atoms with E-state index in [1.165, 1.54) is 16.0 Å². The number of hydrogen-bond acceptors (Lipinski definition) is 5. The fraction of sp³-hybridized carbons (Fsp3) is 0.308. The Morgan fingerprint density at radius 3 is 2.47 bits per heavy atom. The van der Waals surface area contributed by atoms with Crippen LogP contribution in [0, 0.1) is 6.92 Å². The van der Waals surface area contributed by atoms with Gasteiger partial charge in [0.15, 0.2) is 0 Å². The van der Waals surface area contributed by atoms with Gasteiger partial charge >= 0.3 is 0 Å². The summed E-state index contributed by atoms with van der Waals surface area (Å²) in [5.41, 5.74) is 3.78. The van der Waals surface area contributed by atoms with Gasteiger partial charge in [0.05, 0.1) is 6.04 Å². The van der Waals surface area contributed by atoms with Crippen molar-refractivity contribution in [2.75, 3.05) is 11.3 Å². The predicted molar refractivity (Wildman–Crippen MR) is 134 cm³/mol. The first-order chi connectivity index (χ1) is 15.3. The minimum atomic E-state index is -0.682. The van der Waals surface area contributed by atoms with Crippen LogP contribution in [0.2, 0.25) is 5.02 Å². The van der Waals surface area contributed by atoms with Gasteiger partial charge in [0.25, 0.3) is 0 Å². The molecule has 0 spiro atoms. The van der Waals surface area contributed by atoms with Gasteiger partial charge in [0.1, 0.15) is 17.5 Å². The number of anilines is 1. The molecule has 32 heavy (non-hydrogen) atoms. The molecular weight excluding hydrogens is 440 g/mol. The number of hydrogen-bond donors (Lipinski definition) is 3. The van der Waals surface area contributed by atoms with E-state index in [-0.39, 0.29) is 6.04 Å². The third kappa shape index (κ3) is 5.41. The molecule has 0 radical (unpaired) electrons. The molecule has 6 heteroatoms. The van der Waals surface area contributed by atoms with Gasteiger partial charge in [-0.2, -0.15) is 0 Å². The summed E-state index contributed by atoms with van der Waals surface area (Å²) in [4.78, 5) is 1.18. The van der Waals surface area contributed by atoms with Gasteiger partial charge in [-0.1, -0.05) is 41.4 Å². The predicted octanol–water partition coefficient (Wildman–Crippen LogP) is 6.17. The van der Waals surface area contributed by atoms with E-state index < -0.39 is 11.7 Å². The maximum absolute atomic E-state index is 10.9. The minimum Gasteiger partial charge on any atom is -0.485 e. The van der Waals surface area contributed by atoms with Crippen molar-refractivity contribution >= 4 is 29.2 Å². The number of halogens is 1. The van der Waals surface area contributed by atoms with E-state index >= 15 is 0 Å². The maximum atomic E-state index is 10.9. The first kappa shape index (κ1) is 23.0. The molecule has 1 heterocycles. The topological polar surface area (TPSA) is 53.5 Å². The lowest BCUT2D eigenvalue weighted by molar-refractivity contribution is -0.0643. The third-order valence-corrected chi connectivity index (χ3v) is 6.83. The van der Waals surface area contributed by atoms with Gasteiger partial charge in [-0.25, -0.2) is 0 Å². The summed E-state index contributed by atoms with van der Waals surface area (Å²) in [5.74, 6) is 0.767. The number of aliphatic hydroxyl groups is 1. The molecule has 168 valence electrons. The second kappa shape index (κ2) is 9.75. The van der Waals surface area contributed by atoms with Crippen LogP contribution in [-0.2, 0) is 6.42 Å². The number of aryl methyl sites for hydroxylation is 1. The Morgan fingerprint density at radius 2 is 1.75 bits per heavy atom. The van der Waals surface area contributed by atoms with Crippen LogP contribution in [0.1, 0.15) is 36.6 Å². The Hall–Kier alpha value is -2.18. The molecule has 3 aromatic rings. The summed E-state index contributed by atoms with van der Waals surface area (Å²) in [7, 11) is 0. The van der Waals surface area contributed by atoms with Gasteiger partial charge in [0.2, 0.25) is 0 Å². The first-order valence-electron chi connectivity index (χ1n) is 10.8. The molecule has 0 fully saturated rings. The zero-order valence-electron chi connectivity index (χ0n) is 18.6. The van der Waals surface area contributed by atoms with Gasteiger partial charge in [0, 0.05) is 21.2 Å². The summed E-state index contributed by atoms with van der Waals surface area (Å²) in [5, 5.41) is 15.0. The van der Waals surface area contributed by atoms with Crippen LogP contribution in [0.4, 0.5) is 5.69 Å². The molecular formula is C26H29ClN2O2S.